The fourth-order valence-electron chi connectivity index (χ4n) is 1.97. The standard InChI is InChI=1S/C11H15N3O3/c1-14(5-10-12-3-2-4-13-10)9-7-17-6-8(9)11(15)16/h2-4,8-9H,5-7H2,1H3,(H,15,16). The van der Waals surface area contributed by atoms with Crippen LogP contribution in [0.4, 0.5) is 0 Å². The molecule has 1 aromatic heterocycles. The van der Waals surface area contributed by atoms with E-state index in [-0.39, 0.29) is 12.6 Å². The van der Waals surface area contributed by atoms with Crippen LogP contribution in [0.25, 0.3) is 0 Å². The van der Waals surface area contributed by atoms with E-state index in [9.17, 15) is 4.79 Å². The summed E-state index contributed by atoms with van der Waals surface area (Å²) >= 11 is 0. The Balaban J connectivity index is 2.00. The van der Waals surface area contributed by atoms with Crippen molar-refractivity contribution in [2.75, 3.05) is 20.3 Å². The van der Waals surface area contributed by atoms with Crippen LogP contribution in [0.15, 0.2) is 18.5 Å². The van der Waals surface area contributed by atoms with Crippen LogP contribution in [-0.2, 0) is 16.1 Å². The summed E-state index contributed by atoms with van der Waals surface area (Å²) in [7, 11) is 1.87. The van der Waals surface area contributed by atoms with Crippen LogP contribution in [-0.4, -0.2) is 52.2 Å². The zero-order chi connectivity index (χ0) is 12.3. The Morgan fingerprint density at radius 3 is 2.88 bits per heavy atom. The maximum atomic E-state index is 11.0. The first-order valence-electron chi connectivity index (χ1n) is 5.45. The number of aliphatic carboxylic acids is 1. The molecule has 0 bridgehead atoms. The SMILES string of the molecule is CN(Cc1ncccn1)C1COCC1C(=O)O. The molecule has 6 heteroatoms. The molecule has 2 heterocycles. The number of rotatable bonds is 4. The second-order valence-electron chi connectivity index (χ2n) is 4.13. The number of carbonyl (C=O) groups is 1. The molecule has 0 radical (unpaired) electrons. The molecule has 1 N–H and O–H groups in total. The number of aromatic nitrogens is 2. The Morgan fingerprint density at radius 2 is 2.24 bits per heavy atom. The average Bonchev–Trinajstić information content (AvgIpc) is 2.79. The zero-order valence-electron chi connectivity index (χ0n) is 9.61. The van der Waals surface area contributed by atoms with Crippen molar-refractivity contribution in [3.05, 3.63) is 24.3 Å². The lowest BCUT2D eigenvalue weighted by Gasteiger charge is -2.25. The van der Waals surface area contributed by atoms with Gasteiger partial charge >= 0.3 is 5.97 Å². The van der Waals surface area contributed by atoms with E-state index in [1.165, 1.54) is 0 Å². The van der Waals surface area contributed by atoms with Crippen molar-refractivity contribution in [3.63, 3.8) is 0 Å². The molecule has 92 valence electrons. The van der Waals surface area contributed by atoms with Gasteiger partial charge in [-0.15, -0.1) is 0 Å². The van der Waals surface area contributed by atoms with Gasteiger partial charge < -0.3 is 9.84 Å². The number of ether oxygens (including phenoxy) is 1. The molecule has 1 aliphatic rings. The highest BCUT2D eigenvalue weighted by Gasteiger charge is 2.36. The van der Waals surface area contributed by atoms with Gasteiger partial charge in [-0.2, -0.15) is 0 Å². The molecule has 1 fully saturated rings. The first-order valence-corrected chi connectivity index (χ1v) is 5.45. The highest BCUT2D eigenvalue weighted by Crippen LogP contribution is 2.19. The first kappa shape index (κ1) is 11.9. The number of nitrogens with zero attached hydrogens (tertiary/aromatic N) is 3. The number of hydrogen-bond donors (Lipinski definition) is 1. The maximum Gasteiger partial charge on any atom is 0.310 e. The predicted octanol–water partition coefficient (Wildman–Crippen LogP) is 0.00800. The largest absolute Gasteiger partial charge is 0.481 e. The van der Waals surface area contributed by atoms with Gasteiger partial charge in [0.1, 0.15) is 5.82 Å². The highest BCUT2D eigenvalue weighted by molar-refractivity contribution is 5.71. The molecule has 0 spiro atoms. The number of carboxylic acid groups (broad SMARTS) is 1. The quantitative estimate of drug-likeness (QED) is 0.795. The summed E-state index contributed by atoms with van der Waals surface area (Å²) in [5, 5.41) is 9.06. The van der Waals surface area contributed by atoms with Crippen molar-refractivity contribution in [2.24, 2.45) is 5.92 Å². The topological polar surface area (TPSA) is 75.5 Å². The van der Waals surface area contributed by atoms with Gasteiger partial charge in [0.2, 0.25) is 0 Å². The molecule has 2 atom stereocenters. The van der Waals surface area contributed by atoms with Crippen LogP contribution >= 0.6 is 0 Å². The number of likely N-dealkylation sites (N-methyl/N-ethyl adjacent to an activating group) is 1. The minimum atomic E-state index is -0.812. The lowest BCUT2D eigenvalue weighted by Crippen LogP contribution is -2.40. The minimum absolute atomic E-state index is 0.115. The fourth-order valence-corrected chi connectivity index (χ4v) is 1.97. The van der Waals surface area contributed by atoms with Crippen molar-refractivity contribution in [1.82, 2.24) is 14.9 Å². The molecule has 2 unspecified atom stereocenters. The van der Waals surface area contributed by atoms with Gasteiger partial charge in [-0.1, -0.05) is 0 Å². The predicted molar refractivity (Wildman–Crippen MR) is 59.2 cm³/mol. The van der Waals surface area contributed by atoms with Crippen LogP contribution in [0.3, 0.4) is 0 Å². The Hall–Kier alpha value is -1.53. The lowest BCUT2D eigenvalue weighted by molar-refractivity contribution is -0.143. The zero-order valence-corrected chi connectivity index (χ0v) is 9.61. The third-order valence-electron chi connectivity index (χ3n) is 2.94. The molecule has 0 amide bonds. The van der Waals surface area contributed by atoms with E-state index in [1.807, 2.05) is 11.9 Å². The van der Waals surface area contributed by atoms with Crippen LogP contribution in [0.1, 0.15) is 5.82 Å². The minimum Gasteiger partial charge on any atom is -0.481 e. The van der Waals surface area contributed by atoms with E-state index in [1.54, 1.807) is 18.5 Å². The van der Waals surface area contributed by atoms with Crippen LogP contribution < -0.4 is 0 Å². The number of hydrogen-bond acceptors (Lipinski definition) is 5. The van der Waals surface area contributed by atoms with Crippen molar-refractivity contribution in [3.8, 4) is 0 Å². The van der Waals surface area contributed by atoms with Crippen LogP contribution in [0.5, 0.6) is 0 Å². The molecule has 0 aromatic carbocycles. The molecular formula is C11H15N3O3. The van der Waals surface area contributed by atoms with Gasteiger partial charge in [0.15, 0.2) is 0 Å². The highest BCUT2D eigenvalue weighted by atomic mass is 16.5. The van der Waals surface area contributed by atoms with Gasteiger partial charge in [-0.3, -0.25) is 9.69 Å². The Bertz CT molecular complexity index is 385. The van der Waals surface area contributed by atoms with Gasteiger partial charge in [0.25, 0.3) is 0 Å². The summed E-state index contributed by atoms with van der Waals surface area (Å²) in [5.74, 6) is -0.594. The number of carboxylic acids is 1. The van der Waals surface area contributed by atoms with Crippen molar-refractivity contribution >= 4 is 5.97 Å². The molecule has 1 saturated heterocycles. The molecule has 1 aromatic rings. The molecular weight excluding hydrogens is 222 g/mol. The average molecular weight is 237 g/mol. The summed E-state index contributed by atoms with van der Waals surface area (Å²) in [6, 6.07) is 1.64. The molecule has 2 rings (SSSR count). The van der Waals surface area contributed by atoms with E-state index in [0.717, 1.165) is 0 Å². The molecule has 0 saturated carbocycles. The molecule has 17 heavy (non-hydrogen) atoms. The van der Waals surface area contributed by atoms with E-state index in [2.05, 4.69) is 9.97 Å². The Labute approximate surface area is 99.2 Å². The van der Waals surface area contributed by atoms with E-state index < -0.39 is 11.9 Å². The third-order valence-corrected chi connectivity index (χ3v) is 2.94. The summed E-state index contributed by atoms with van der Waals surface area (Å²) in [4.78, 5) is 21.2. The lowest BCUT2D eigenvalue weighted by atomic mass is 10.0. The van der Waals surface area contributed by atoms with Gasteiger partial charge in [-0.05, 0) is 13.1 Å². The van der Waals surface area contributed by atoms with Gasteiger partial charge in [-0.25, -0.2) is 9.97 Å². The van der Waals surface area contributed by atoms with Crippen molar-refractivity contribution < 1.29 is 14.6 Å². The first-order chi connectivity index (χ1) is 8.18. The van der Waals surface area contributed by atoms with Gasteiger partial charge in [0.05, 0.1) is 25.7 Å². The Kier molecular flexibility index (Phi) is 3.65. The summed E-state index contributed by atoms with van der Waals surface area (Å²) in [5.41, 5.74) is 0. The summed E-state index contributed by atoms with van der Waals surface area (Å²) < 4.78 is 5.23. The fraction of sp³-hybridized carbons (Fsp3) is 0.545. The molecule has 1 aliphatic heterocycles. The third kappa shape index (κ3) is 2.78. The van der Waals surface area contributed by atoms with E-state index in [0.29, 0.717) is 19.0 Å². The van der Waals surface area contributed by atoms with E-state index >= 15 is 0 Å². The second-order valence-corrected chi connectivity index (χ2v) is 4.13. The Morgan fingerprint density at radius 1 is 1.53 bits per heavy atom. The van der Waals surface area contributed by atoms with Crippen molar-refractivity contribution in [2.45, 2.75) is 12.6 Å². The summed E-state index contributed by atoms with van der Waals surface area (Å²) in [6.45, 7) is 1.25. The van der Waals surface area contributed by atoms with Crippen LogP contribution in [0, 0.1) is 5.92 Å². The van der Waals surface area contributed by atoms with Gasteiger partial charge in [0, 0.05) is 18.4 Å². The normalized spacial score (nSPS) is 24.1. The van der Waals surface area contributed by atoms with E-state index in [4.69, 9.17) is 9.84 Å². The second kappa shape index (κ2) is 5.20. The molecule has 6 nitrogen and oxygen atoms in total. The summed E-state index contributed by atoms with van der Waals surface area (Å²) in [6.07, 6.45) is 3.35. The molecule has 0 aliphatic carbocycles. The van der Waals surface area contributed by atoms with Crippen LogP contribution in [0.2, 0.25) is 0 Å². The van der Waals surface area contributed by atoms with Crippen molar-refractivity contribution in [1.29, 1.82) is 0 Å². The smallest absolute Gasteiger partial charge is 0.310 e. The maximum absolute atomic E-state index is 11.0. The monoisotopic (exact) mass is 237 g/mol.